The van der Waals surface area contributed by atoms with Gasteiger partial charge in [0, 0.05) is 18.4 Å². The van der Waals surface area contributed by atoms with Crippen LogP contribution < -0.4 is 10.6 Å². The molecule has 1 aromatic carbocycles. The molecular formula is C17H23N3O3S. The highest BCUT2D eigenvalue weighted by atomic mass is 32.2. The lowest BCUT2D eigenvalue weighted by atomic mass is 10.0. The first kappa shape index (κ1) is 16.8. The van der Waals surface area contributed by atoms with Crippen molar-refractivity contribution in [2.75, 3.05) is 16.8 Å². The van der Waals surface area contributed by atoms with Crippen LogP contribution in [0, 0.1) is 0 Å². The molecule has 2 aromatic rings. The second-order valence-corrected chi connectivity index (χ2v) is 8.95. The van der Waals surface area contributed by atoms with Gasteiger partial charge in [-0.15, -0.1) is 0 Å². The summed E-state index contributed by atoms with van der Waals surface area (Å²) < 4.78 is 25.4. The van der Waals surface area contributed by atoms with Crippen LogP contribution in [0.5, 0.6) is 0 Å². The molecule has 0 spiro atoms. The number of carbonyl (C=O) groups is 1. The normalized spacial score (nSPS) is 22.6. The summed E-state index contributed by atoms with van der Waals surface area (Å²) in [6.45, 7) is 4.82. The molecule has 1 fully saturated rings. The molecule has 2 amide bonds. The average molecular weight is 349 g/mol. The van der Waals surface area contributed by atoms with Crippen LogP contribution in [0.15, 0.2) is 30.5 Å². The highest BCUT2D eigenvalue weighted by molar-refractivity contribution is 7.91. The van der Waals surface area contributed by atoms with E-state index in [4.69, 9.17) is 0 Å². The van der Waals surface area contributed by atoms with E-state index in [9.17, 15) is 13.2 Å². The first-order valence-electron chi connectivity index (χ1n) is 8.19. The fourth-order valence-corrected chi connectivity index (χ4v) is 5.34. The number of amides is 2. The van der Waals surface area contributed by atoms with Gasteiger partial charge in [-0.05, 0) is 43.4 Å². The number of hydrogen-bond donors (Lipinski definition) is 2. The lowest BCUT2D eigenvalue weighted by molar-refractivity contribution is 0.242. The van der Waals surface area contributed by atoms with Crippen LogP contribution in [0.4, 0.5) is 10.5 Å². The molecule has 1 saturated heterocycles. The summed E-state index contributed by atoms with van der Waals surface area (Å²) in [5, 5.41) is 6.75. The van der Waals surface area contributed by atoms with Gasteiger partial charge in [0.2, 0.25) is 0 Å². The molecule has 2 heterocycles. The summed E-state index contributed by atoms with van der Waals surface area (Å²) in [5.74, 6) is 0.117. The summed E-state index contributed by atoms with van der Waals surface area (Å²) in [6.07, 6.45) is 3.53. The van der Waals surface area contributed by atoms with Crippen LogP contribution in [0.3, 0.4) is 0 Å². The van der Waals surface area contributed by atoms with Gasteiger partial charge < -0.3 is 15.2 Å². The minimum atomic E-state index is -3.05. The maximum atomic E-state index is 12.2. The van der Waals surface area contributed by atoms with Gasteiger partial charge in [-0.1, -0.05) is 13.0 Å². The fourth-order valence-electron chi connectivity index (χ4n) is 3.24. The van der Waals surface area contributed by atoms with Crippen molar-refractivity contribution in [1.29, 1.82) is 0 Å². The molecule has 2 N–H and O–H groups in total. The molecule has 0 radical (unpaired) electrons. The number of rotatable bonds is 4. The van der Waals surface area contributed by atoms with Crippen molar-refractivity contribution in [2.45, 2.75) is 38.8 Å². The number of nitrogens with one attached hydrogen (secondary N) is 2. The standard InChI is InChI=1S/C17H23N3O3S/c1-3-8-20-9-6-13-4-5-14(11-15(13)20)18-16(21)19-17(2)7-10-24(22,23)12-17/h4-6,9,11H,3,7-8,10,12H2,1-2H3,(H2,18,19,21). The van der Waals surface area contributed by atoms with Gasteiger partial charge in [-0.2, -0.15) is 0 Å². The number of carbonyl (C=O) groups excluding carboxylic acids is 1. The van der Waals surface area contributed by atoms with Crippen molar-refractivity contribution in [3.63, 3.8) is 0 Å². The lowest BCUT2D eigenvalue weighted by Crippen LogP contribution is -2.48. The van der Waals surface area contributed by atoms with Crippen molar-refractivity contribution in [1.82, 2.24) is 9.88 Å². The Morgan fingerprint density at radius 1 is 1.33 bits per heavy atom. The quantitative estimate of drug-likeness (QED) is 0.891. The Morgan fingerprint density at radius 2 is 2.12 bits per heavy atom. The third kappa shape index (κ3) is 3.56. The third-order valence-electron chi connectivity index (χ3n) is 4.41. The first-order valence-corrected chi connectivity index (χ1v) is 10.0. The highest BCUT2D eigenvalue weighted by Gasteiger charge is 2.39. The molecular weight excluding hydrogens is 326 g/mol. The zero-order valence-corrected chi connectivity index (χ0v) is 14.8. The molecule has 7 heteroatoms. The van der Waals surface area contributed by atoms with Gasteiger partial charge >= 0.3 is 6.03 Å². The minimum absolute atomic E-state index is 0.00813. The van der Waals surface area contributed by atoms with Crippen molar-refractivity contribution in [3.8, 4) is 0 Å². The highest BCUT2D eigenvalue weighted by Crippen LogP contribution is 2.24. The lowest BCUT2D eigenvalue weighted by Gasteiger charge is -2.24. The van der Waals surface area contributed by atoms with Crippen LogP contribution in [-0.4, -0.2) is 36.1 Å². The number of nitrogens with zero attached hydrogens (tertiary/aromatic N) is 1. The van der Waals surface area contributed by atoms with E-state index >= 15 is 0 Å². The number of aryl methyl sites for hydroxylation is 1. The molecule has 0 aliphatic carbocycles. The molecule has 1 aromatic heterocycles. The van der Waals surface area contributed by atoms with E-state index in [1.807, 2.05) is 24.4 Å². The van der Waals surface area contributed by atoms with E-state index in [1.165, 1.54) is 0 Å². The Labute approximate surface area is 142 Å². The molecule has 0 bridgehead atoms. The molecule has 1 unspecified atom stereocenters. The number of fused-ring (bicyclic) bond motifs is 1. The van der Waals surface area contributed by atoms with Crippen molar-refractivity contribution < 1.29 is 13.2 Å². The van der Waals surface area contributed by atoms with Crippen LogP contribution in [0.1, 0.15) is 26.7 Å². The molecule has 1 aliphatic heterocycles. The van der Waals surface area contributed by atoms with Gasteiger partial charge in [-0.25, -0.2) is 13.2 Å². The molecule has 1 aliphatic rings. The second-order valence-electron chi connectivity index (χ2n) is 6.76. The largest absolute Gasteiger partial charge is 0.347 e. The number of aromatic nitrogens is 1. The van der Waals surface area contributed by atoms with Gasteiger partial charge in [-0.3, -0.25) is 0 Å². The smallest absolute Gasteiger partial charge is 0.319 e. The zero-order valence-electron chi connectivity index (χ0n) is 14.0. The van der Waals surface area contributed by atoms with Crippen molar-refractivity contribution in [2.24, 2.45) is 0 Å². The predicted molar refractivity (Wildman–Crippen MR) is 96.1 cm³/mol. The molecule has 24 heavy (non-hydrogen) atoms. The predicted octanol–water partition coefficient (Wildman–Crippen LogP) is 2.75. The third-order valence-corrected chi connectivity index (χ3v) is 6.32. The summed E-state index contributed by atoms with van der Waals surface area (Å²) >= 11 is 0. The van der Waals surface area contributed by atoms with E-state index < -0.39 is 15.4 Å². The van der Waals surface area contributed by atoms with Gasteiger partial charge in [0.25, 0.3) is 0 Å². The fraction of sp³-hybridized carbons (Fsp3) is 0.471. The van der Waals surface area contributed by atoms with Crippen LogP contribution >= 0.6 is 0 Å². The van der Waals surface area contributed by atoms with Crippen molar-refractivity contribution >= 4 is 32.5 Å². The molecule has 6 nitrogen and oxygen atoms in total. The number of hydrogen-bond acceptors (Lipinski definition) is 3. The Bertz CT molecular complexity index is 872. The Balaban J connectivity index is 1.72. The Hall–Kier alpha value is -2.02. The van der Waals surface area contributed by atoms with Crippen LogP contribution in [0.2, 0.25) is 0 Å². The number of benzene rings is 1. The van der Waals surface area contributed by atoms with E-state index in [2.05, 4.69) is 28.2 Å². The zero-order chi connectivity index (χ0) is 17.4. The molecule has 3 rings (SSSR count). The van der Waals surface area contributed by atoms with Gasteiger partial charge in [0.05, 0.1) is 22.6 Å². The maximum absolute atomic E-state index is 12.2. The second kappa shape index (κ2) is 6.12. The summed E-state index contributed by atoms with van der Waals surface area (Å²) in [4.78, 5) is 12.2. The van der Waals surface area contributed by atoms with Gasteiger partial charge in [0.15, 0.2) is 9.84 Å². The first-order chi connectivity index (χ1) is 11.3. The van der Waals surface area contributed by atoms with E-state index in [0.717, 1.165) is 23.9 Å². The topological polar surface area (TPSA) is 80.2 Å². The van der Waals surface area contributed by atoms with E-state index in [-0.39, 0.29) is 17.5 Å². The molecule has 1 atom stereocenters. The Kier molecular flexibility index (Phi) is 4.29. The average Bonchev–Trinajstić information content (AvgIpc) is 3.00. The van der Waals surface area contributed by atoms with Crippen LogP contribution in [-0.2, 0) is 16.4 Å². The summed E-state index contributed by atoms with van der Waals surface area (Å²) in [6, 6.07) is 7.45. The van der Waals surface area contributed by atoms with Crippen molar-refractivity contribution in [3.05, 3.63) is 30.5 Å². The van der Waals surface area contributed by atoms with Crippen LogP contribution in [0.25, 0.3) is 10.9 Å². The van der Waals surface area contributed by atoms with E-state index in [0.29, 0.717) is 12.1 Å². The Morgan fingerprint density at radius 3 is 2.79 bits per heavy atom. The summed E-state index contributed by atoms with van der Waals surface area (Å²) in [7, 11) is -3.05. The maximum Gasteiger partial charge on any atom is 0.319 e. The number of anilines is 1. The monoisotopic (exact) mass is 349 g/mol. The minimum Gasteiger partial charge on any atom is -0.347 e. The summed E-state index contributed by atoms with van der Waals surface area (Å²) in [5.41, 5.74) is 1.07. The SMILES string of the molecule is CCCn1ccc2ccc(NC(=O)NC3(C)CCS(=O)(=O)C3)cc21. The van der Waals surface area contributed by atoms with Gasteiger partial charge in [0.1, 0.15) is 0 Å². The molecule has 0 saturated carbocycles. The number of urea groups is 1. The number of sulfone groups is 1. The molecule has 130 valence electrons. The van der Waals surface area contributed by atoms with E-state index in [1.54, 1.807) is 6.92 Å².